The Labute approximate surface area is 73.9 Å². The Bertz CT molecular complexity index is 126. The highest BCUT2D eigenvalue weighted by Crippen LogP contribution is 1.87. The molecule has 4 nitrogen and oxygen atoms in total. The first-order chi connectivity index (χ1) is 5.68. The highest BCUT2D eigenvalue weighted by molar-refractivity contribution is 5.75. The molecule has 0 fully saturated rings. The molecule has 0 heterocycles. The first kappa shape index (κ1) is 11.4. The molecule has 0 bridgehead atoms. The lowest BCUT2D eigenvalue weighted by atomic mass is 10.4. The summed E-state index contributed by atoms with van der Waals surface area (Å²) >= 11 is 0. The Hall–Kier alpha value is -0.610. The van der Waals surface area contributed by atoms with Crippen molar-refractivity contribution >= 4 is 5.91 Å². The zero-order valence-electron chi connectivity index (χ0n) is 8.09. The van der Waals surface area contributed by atoms with Crippen LogP contribution in [0.25, 0.3) is 0 Å². The van der Waals surface area contributed by atoms with Crippen LogP contribution in [0.5, 0.6) is 0 Å². The summed E-state index contributed by atoms with van der Waals surface area (Å²) in [4.78, 5) is 12.6. The molecule has 0 aromatic rings. The van der Waals surface area contributed by atoms with E-state index in [0.29, 0.717) is 19.6 Å². The van der Waals surface area contributed by atoms with Crippen LogP contribution in [0.1, 0.15) is 6.42 Å². The SMILES string of the molecule is CNCCOCCC(=O)N(C)C. The molecule has 0 rings (SSSR count). The maximum absolute atomic E-state index is 11.0. The molecule has 0 unspecified atom stereocenters. The van der Waals surface area contributed by atoms with E-state index in [2.05, 4.69) is 5.32 Å². The van der Waals surface area contributed by atoms with Gasteiger partial charge in [-0.15, -0.1) is 0 Å². The van der Waals surface area contributed by atoms with Crippen molar-refractivity contribution in [2.24, 2.45) is 0 Å². The summed E-state index contributed by atoms with van der Waals surface area (Å²) in [5.74, 6) is 0.111. The molecule has 0 atom stereocenters. The van der Waals surface area contributed by atoms with Gasteiger partial charge < -0.3 is 15.0 Å². The minimum Gasteiger partial charge on any atom is -0.380 e. The number of nitrogens with zero attached hydrogens (tertiary/aromatic N) is 1. The van der Waals surface area contributed by atoms with Crippen molar-refractivity contribution in [3.05, 3.63) is 0 Å². The van der Waals surface area contributed by atoms with Crippen LogP contribution in [-0.2, 0) is 9.53 Å². The second kappa shape index (κ2) is 7.06. The number of carbonyl (C=O) groups excluding carboxylic acids is 1. The largest absolute Gasteiger partial charge is 0.380 e. The van der Waals surface area contributed by atoms with E-state index in [-0.39, 0.29) is 5.91 Å². The van der Waals surface area contributed by atoms with Gasteiger partial charge in [0.25, 0.3) is 0 Å². The van der Waals surface area contributed by atoms with Gasteiger partial charge in [0.05, 0.1) is 19.6 Å². The predicted octanol–water partition coefficient (Wildman–Crippen LogP) is -0.299. The zero-order chi connectivity index (χ0) is 9.40. The predicted molar refractivity (Wildman–Crippen MR) is 48.1 cm³/mol. The third kappa shape index (κ3) is 6.12. The number of ether oxygens (including phenoxy) is 1. The van der Waals surface area contributed by atoms with Crippen LogP contribution >= 0.6 is 0 Å². The van der Waals surface area contributed by atoms with Crippen molar-refractivity contribution in [1.29, 1.82) is 0 Å². The molecule has 1 N–H and O–H groups in total. The summed E-state index contributed by atoms with van der Waals surface area (Å²) in [7, 11) is 5.36. The molecule has 0 aromatic heterocycles. The van der Waals surface area contributed by atoms with E-state index in [4.69, 9.17) is 4.74 Å². The summed E-state index contributed by atoms with van der Waals surface area (Å²) < 4.78 is 5.18. The molecular weight excluding hydrogens is 156 g/mol. The smallest absolute Gasteiger partial charge is 0.224 e. The Kier molecular flexibility index (Phi) is 6.70. The normalized spacial score (nSPS) is 9.92. The van der Waals surface area contributed by atoms with Crippen LogP contribution in [0, 0.1) is 0 Å². The van der Waals surface area contributed by atoms with Crippen molar-refractivity contribution in [3.63, 3.8) is 0 Å². The van der Waals surface area contributed by atoms with Crippen LogP contribution in [0.15, 0.2) is 0 Å². The number of rotatable bonds is 6. The van der Waals surface area contributed by atoms with Crippen molar-refractivity contribution in [2.75, 3.05) is 40.9 Å². The molecule has 0 aliphatic heterocycles. The lowest BCUT2D eigenvalue weighted by Gasteiger charge is -2.09. The van der Waals surface area contributed by atoms with E-state index in [0.717, 1.165) is 6.54 Å². The molecule has 4 heteroatoms. The average molecular weight is 174 g/mol. The maximum atomic E-state index is 11.0. The van der Waals surface area contributed by atoms with E-state index < -0.39 is 0 Å². The second-order valence-corrected chi connectivity index (χ2v) is 2.75. The zero-order valence-corrected chi connectivity index (χ0v) is 8.09. The number of amides is 1. The van der Waals surface area contributed by atoms with Crippen LogP contribution in [0.2, 0.25) is 0 Å². The topological polar surface area (TPSA) is 41.6 Å². The quantitative estimate of drug-likeness (QED) is 0.562. The van der Waals surface area contributed by atoms with Gasteiger partial charge in [-0.3, -0.25) is 4.79 Å². The molecule has 0 aromatic carbocycles. The van der Waals surface area contributed by atoms with Gasteiger partial charge >= 0.3 is 0 Å². The Morgan fingerprint density at radius 1 is 1.42 bits per heavy atom. The van der Waals surface area contributed by atoms with Crippen LogP contribution in [0.4, 0.5) is 0 Å². The molecule has 0 saturated carbocycles. The lowest BCUT2D eigenvalue weighted by molar-refractivity contribution is -0.129. The van der Waals surface area contributed by atoms with Gasteiger partial charge in [-0.25, -0.2) is 0 Å². The second-order valence-electron chi connectivity index (χ2n) is 2.75. The first-order valence-corrected chi connectivity index (χ1v) is 4.11. The Morgan fingerprint density at radius 3 is 2.58 bits per heavy atom. The highest BCUT2D eigenvalue weighted by Gasteiger charge is 2.01. The average Bonchev–Trinajstić information content (AvgIpc) is 2.03. The van der Waals surface area contributed by atoms with Gasteiger partial charge in [0.2, 0.25) is 5.91 Å². The van der Waals surface area contributed by atoms with Crippen molar-refractivity contribution < 1.29 is 9.53 Å². The van der Waals surface area contributed by atoms with Crippen LogP contribution in [-0.4, -0.2) is 51.7 Å². The first-order valence-electron chi connectivity index (χ1n) is 4.11. The van der Waals surface area contributed by atoms with Gasteiger partial charge in [-0.1, -0.05) is 0 Å². The summed E-state index contributed by atoms with van der Waals surface area (Å²) in [6.45, 7) is 2.01. The molecule has 72 valence electrons. The highest BCUT2D eigenvalue weighted by atomic mass is 16.5. The number of nitrogens with one attached hydrogen (secondary N) is 1. The minimum atomic E-state index is 0.111. The number of likely N-dealkylation sites (N-methyl/N-ethyl adjacent to an activating group) is 1. The van der Waals surface area contributed by atoms with Crippen LogP contribution < -0.4 is 5.32 Å². The standard InChI is InChI=1S/C8H18N2O2/c1-9-5-7-12-6-4-8(11)10(2)3/h9H,4-7H2,1-3H3. The van der Waals surface area contributed by atoms with E-state index in [1.165, 1.54) is 0 Å². The van der Waals surface area contributed by atoms with E-state index in [1.807, 2.05) is 7.05 Å². The van der Waals surface area contributed by atoms with Crippen molar-refractivity contribution in [3.8, 4) is 0 Å². The molecule has 1 amide bonds. The third-order valence-electron chi connectivity index (χ3n) is 1.46. The summed E-state index contributed by atoms with van der Waals surface area (Å²) in [5, 5.41) is 2.96. The van der Waals surface area contributed by atoms with Gasteiger partial charge in [-0.05, 0) is 7.05 Å². The Morgan fingerprint density at radius 2 is 2.08 bits per heavy atom. The van der Waals surface area contributed by atoms with Crippen molar-refractivity contribution in [1.82, 2.24) is 10.2 Å². The summed E-state index contributed by atoms with van der Waals surface area (Å²) in [6, 6.07) is 0. The molecule has 0 radical (unpaired) electrons. The molecule has 0 spiro atoms. The minimum absolute atomic E-state index is 0.111. The van der Waals surface area contributed by atoms with Crippen molar-refractivity contribution in [2.45, 2.75) is 6.42 Å². The molecule has 0 aliphatic rings. The third-order valence-corrected chi connectivity index (χ3v) is 1.46. The fourth-order valence-electron chi connectivity index (χ4n) is 0.659. The van der Waals surface area contributed by atoms with Gasteiger partial charge in [0, 0.05) is 20.6 Å². The van der Waals surface area contributed by atoms with Gasteiger partial charge in [0.15, 0.2) is 0 Å². The lowest BCUT2D eigenvalue weighted by Crippen LogP contribution is -2.23. The molecular formula is C8H18N2O2. The Balaban J connectivity index is 3.14. The maximum Gasteiger partial charge on any atom is 0.224 e. The summed E-state index contributed by atoms with van der Waals surface area (Å²) in [6.07, 6.45) is 0.469. The molecule has 0 saturated heterocycles. The number of hydrogen-bond donors (Lipinski definition) is 1. The number of carbonyl (C=O) groups is 1. The van der Waals surface area contributed by atoms with Gasteiger partial charge in [-0.2, -0.15) is 0 Å². The fraction of sp³-hybridized carbons (Fsp3) is 0.875. The monoisotopic (exact) mass is 174 g/mol. The van der Waals surface area contributed by atoms with Crippen LogP contribution in [0.3, 0.4) is 0 Å². The van der Waals surface area contributed by atoms with Gasteiger partial charge in [0.1, 0.15) is 0 Å². The van der Waals surface area contributed by atoms with E-state index >= 15 is 0 Å². The van der Waals surface area contributed by atoms with E-state index in [9.17, 15) is 4.79 Å². The molecule has 12 heavy (non-hydrogen) atoms. The number of hydrogen-bond acceptors (Lipinski definition) is 3. The summed E-state index contributed by atoms with van der Waals surface area (Å²) in [5.41, 5.74) is 0. The fourth-order valence-corrected chi connectivity index (χ4v) is 0.659. The van der Waals surface area contributed by atoms with E-state index in [1.54, 1.807) is 19.0 Å². The molecule has 0 aliphatic carbocycles.